The summed E-state index contributed by atoms with van der Waals surface area (Å²) in [4.78, 5) is 0. The van der Waals surface area contributed by atoms with Crippen LogP contribution >= 0.6 is 0 Å². The van der Waals surface area contributed by atoms with Crippen LogP contribution in [0.2, 0.25) is 0 Å². The average Bonchev–Trinajstić information content (AvgIpc) is 2.18. The van der Waals surface area contributed by atoms with Crippen LogP contribution in [0.3, 0.4) is 0 Å². The summed E-state index contributed by atoms with van der Waals surface area (Å²) in [5, 5.41) is 0. The molecule has 1 unspecified atom stereocenters. The minimum atomic E-state index is 0.0699. The maximum Gasteiger partial charge on any atom is 0.119 e. The molecule has 1 atom stereocenters. The maximum absolute atomic E-state index is 5.61. The maximum atomic E-state index is 5.61. The molecule has 0 amide bonds. The van der Waals surface area contributed by atoms with Gasteiger partial charge in [-0.1, -0.05) is 12.1 Å². The van der Waals surface area contributed by atoms with Gasteiger partial charge in [0.2, 0.25) is 0 Å². The fourth-order valence-electron chi connectivity index (χ4n) is 1.98. The Morgan fingerprint density at radius 3 is 2.38 bits per heavy atom. The standard InChI is InChI=1S/C14H20O2/c1-11(2)16-13-6-4-12(5-7-13)10-14(3)8-9-15-14/h4-7,11H,8-10H2,1-3H3. The van der Waals surface area contributed by atoms with Crippen LogP contribution in [0, 0.1) is 0 Å². The van der Waals surface area contributed by atoms with Gasteiger partial charge < -0.3 is 9.47 Å². The third-order valence-electron chi connectivity index (χ3n) is 2.95. The van der Waals surface area contributed by atoms with Gasteiger partial charge in [0, 0.05) is 6.42 Å². The molecule has 2 nitrogen and oxygen atoms in total. The van der Waals surface area contributed by atoms with Crippen molar-refractivity contribution in [2.24, 2.45) is 0 Å². The van der Waals surface area contributed by atoms with Gasteiger partial charge in [0.25, 0.3) is 0 Å². The van der Waals surface area contributed by atoms with Gasteiger partial charge in [0.05, 0.1) is 18.3 Å². The molecule has 0 aromatic heterocycles. The van der Waals surface area contributed by atoms with Crippen LogP contribution in [-0.2, 0) is 11.2 Å². The van der Waals surface area contributed by atoms with Crippen molar-refractivity contribution in [3.63, 3.8) is 0 Å². The molecule has 1 aliphatic rings. The number of hydrogen-bond acceptors (Lipinski definition) is 2. The quantitative estimate of drug-likeness (QED) is 0.775. The highest BCUT2D eigenvalue weighted by molar-refractivity contribution is 5.28. The third kappa shape index (κ3) is 2.76. The first-order valence-corrected chi connectivity index (χ1v) is 5.97. The summed E-state index contributed by atoms with van der Waals surface area (Å²) in [6.45, 7) is 7.16. The highest BCUT2D eigenvalue weighted by Gasteiger charge is 2.32. The van der Waals surface area contributed by atoms with E-state index in [9.17, 15) is 0 Å². The average molecular weight is 220 g/mol. The number of ether oxygens (including phenoxy) is 2. The second-order valence-corrected chi connectivity index (χ2v) is 5.04. The van der Waals surface area contributed by atoms with Crippen molar-refractivity contribution in [1.29, 1.82) is 0 Å². The molecule has 1 heterocycles. The summed E-state index contributed by atoms with van der Waals surface area (Å²) in [6, 6.07) is 8.34. The van der Waals surface area contributed by atoms with Gasteiger partial charge in [-0.3, -0.25) is 0 Å². The smallest absolute Gasteiger partial charge is 0.119 e. The van der Waals surface area contributed by atoms with Crippen LogP contribution in [-0.4, -0.2) is 18.3 Å². The van der Waals surface area contributed by atoms with Gasteiger partial charge in [-0.2, -0.15) is 0 Å². The molecule has 1 aromatic rings. The van der Waals surface area contributed by atoms with E-state index in [2.05, 4.69) is 19.1 Å². The van der Waals surface area contributed by atoms with Crippen LogP contribution in [0.4, 0.5) is 0 Å². The lowest BCUT2D eigenvalue weighted by molar-refractivity contribution is -0.132. The third-order valence-corrected chi connectivity index (χ3v) is 2.95. The molecule has 0 spiro atoms. The lowest BCUT2D eigenvalue weighted by atomic mass is 9.89. The van der Waals surface area contributed by atoms with Crippen molar-refractivity contribution in [3.05, 3.63) is 29.8 Å². The van der Waals surface area contributed by atoms with Crippen molar-refractivity contribution < 1.29 is 9.47 Å². The van der Waals surface area contributed by atoms with Gasteiger partial charge in [-0.25, -0.2) is 0 Å². The Morgan fingerprint density at radius 1 is 1.31 bits per heavy atom. The molecule has 2 rings (SSSR count). The molecule has 1 saturated heterocycles. The van der Waals surface area contributed by atoms with Crippen LogP contribution in [0.15, 0.2) is 24.3 Å². The summed E-state index contributed by atoms with van der Waals surface area (Å²) in [6.07, 6.45) is 2.39. The predicted octanol–water partition coefficient (Wildman–Crippen LogP) is 3.20. The van der Waals surface area contributed by atoms with E-state index >= 15 is 0 Å². The molecule has 0 bridgehead atoms. The number of benzene rings is 1. The van der Waals surface area contributed by atoms with Crippen molar-refractivity contribution in [2.75, 3.05) is 6.61 Å². The Bertz CT molecular complexity index is 336. The fourth-order valence-corrected chi connectivity index (χ4v) is 1.98. The highest BCUT2D eigenvalue weighted by Crippen LogP contribution is 2.30. The molecule has 0 radical (unpaired) electrons. The van der Waals surface area contributed by atoms with E-state index in [1.807, 2.05) is 26.0 Å². The van der Waals surface area contributed by atoms with Crippen molar-refractivity contribution in [2.45, 2.75) is 45.3 Å². The molecule has 0 saturated carbocycles. The first-order valence-electron chi connectivity index (χ1n) is 5.97. The van der Waals surface area contributed by atoms with E-state index in [0.717, 1.165) is 25.2 Å². The first-order chi connectivity index (χ1) is 7.57. The Labute approximate surface area is 97.6 Å². The number of hydrogen-bond donors (Lipinski definition) is 0. The van der Waals surface area contributed by atoms with Gasteiger partial charge in [0.1, 0.15) is 5.75 Å². The fraction of sp³-hybridized carbons (Fsp3) is 0.571. The van der Waals surface area contributed by atoms with E-state index in [0.29, 0.717) is 0 Å². The van der Waals surface area contributed by atoms with Crippen molar-refractivity contribution in [3.8, 4) is 5.75 Å². The normalized spacial score (nSPS) is 24.2. The van der Waals surface area contributed by atoms with Crippen LogP contribution in [0.25, 0.3) is 0 Å². The summed E-state index contributed by atoms with van der Waals surface area (Å²) < 4.78 is 11.2. The molecule has 2 heteroatoms. The Balaban J connectivity index is 1.96. The lowest BCUT2D eigenvalue weighted by Gasteiger charge is -2.38. The Morgan fingerprint density at radius 2 is 1.94 bits per heavy atom. The van der Waals surface area contributed by atoms with Gasteiger partial charge >= 0.3 is 0 Å². The van der Waals surface area contributed by atoms with E-state index in [1.165, 1.54) is 5.56 Å². The minimum Gasteiger partial charge on any atom is -0.491 e. The molecule has 1 aliphatic heterocycles. The second-order valence-electron chi connectivity index (χ2n) is 5.04. The van der Waals surface area contributed by atoms with E-state index in [1.54, 1.807) is 0 Å². The highest BCUT2D eigenvalue weighted by atomic mass is 16.5. The van der Waals surface area contributed by atoms with Crippen LogP contribution in [0.1, 0.15) is 32.8 Å². The monoisotopic (exact) mass is 220 g/mol. The Hall–Kier alpha value is -1.02. The topological polar surface area (TPSA) is 18.5 Å². The molecule has 1 aromatic carbocycles. The molecule has 1 fully saturated rings. The molecular formula is C14H20O2. The van der Waals surface area contributed by atoms with Crippen LogP contribution < -0.4 is 4.74 Å². The van der Waals surface area contributed by atoms with E-state index < -0.39 is 0 Å². The Kier molecular flexibility index (Phi) is 3.20. The van der Waals surface area contributed by atoms with Gasteiger partial charge in [-0.05, 0) is 44.9 Å². The molecule has 0 aliphatic carbocycles. The number of rotatable bonds is 4. The summed E-state index contributed by atoms with van der Waals surface area (Å²) in [5.74, 6) is 0.943. The first kappa shape index (κ1) is 11.5. The second kappa shape index (κ2) is 4.46. The van der Waals surface area contributed by atoms with E-state index in [4.69, 9.17) is 9.47 Å². The van der Waals surface area contributed by atoms with Gasteiger partial charge in [0.15, 0.2) is 0 Å². The summed E-state index contributed by atoms with van der Waals surface area (Å²) in [7, 11) is 0. The van der Waals surface area contributed by atoms with Crippen molar-refractivity contribution in [1.82, 2.24) is 0 Å². The molecule has 88 valence electrons. The van der Waals surface area contributed by atoms with Crippen LogP contribution in [0.5, 0.6) is 5.75 Å². The predicted molar refractivity (Wildman–Crippen MR) is 64.9 cm³/mol. The van der Waals surface area contributed by atoms with Gasteiger partial charge in [-0.15, -0.1) is 0 Å². The zero-order valence-corrected chi connectivity index (χ0v) is 10.3. The van der Waals surface area contributed by atoms with E-state index in [-0.39, 0.29) is 11.7 Å². The zero-order valence-electron chi connectivity index (χ0n) is 10.3. The summed E-state index contributed by atoms with van der Waals surface area (Å²) >= 11 is 0. The lowest BCUT2D eigenvalue weighted by Crippen LogP contribution is -2.42. The molecule has 16 heavy (non-hydrogen) atoms. The molecular weight excluding hydrogens is 200 g/mol. The molecule has 0 N–H and O–H groups in total. The SMILES string of the molecule is CC(C)Oc1ccc(CC2(C)CCO2)cc1. The minimum absolute atomic E-state index is 0.0699. The van der Waals surface area contributed by atoms with Crippen molar-refractivity contribution >= 4 is 0 Å². The zero-order chi connectivity index (χ0) is 11.6. The summed E-state index contributed by atoms with van der Waals surface area (Å²) in [5.41, 5.74) is 1.39. The largest absolute Gasteiger partial charge is 0.491 e.